The second kappa shape index (κ2) is 8.31. The number of likely N-dealkylation sites (N-methyl/N-ethyl adjacent to an activating group) is 1. The predicted molar refractivity (Wildman–Crippen MR) is 97.4 cm³/mol. The first kappa shape index (κ1) is 18.5. The number of aryl methyl sites for hydroxylation is 2. The molecule has 0 fully saturated rings. The molecule has 0 unspecified atom stereocenters. The zero-order valence-electron chi connectivity index (χ0n) is 14.7. The lowest BCUT2D eigenvalue weighted by molar-refractivity contribution is 0.0932. The third-order valence-corrected chi connectivity index (χ3v) is 4.36. The highest BCUT2D eigenvalue weighted by Crippen LogP contribution is 2.25. The maximum Gasteiger partial charge on any atom is 0.269 e. The van der Waals surface area contributed by atoms with E-state index in [1.54, 1.807) is 11.7 Å². The largest absolute Gasteiger partial charge is 0.349 e. The molecule has 1 amide bonds. The fourth-order valence-electron chi connectivity index (χ4n) is 2.71. The van der Waals surface area contributed by atoms with Crippen molar-refractivity contribution in [1.29, 1.82) is 0 Å². The number of nitrogens with one attached hydrogen (secondary N) is 1. The number of halogens is 1. The summed E-state index contributed by atoms with van der Waals surface area (Å²) in [7, 11) is 5.75. The molecule has 0 saturated heterocycles. The normalized spacial score (nSPS) is 12.4. The minimum absolute atomic E-state index is 0.00555. The van der Waals surface area contributed by atoms with E-state index in [-0.39, 0.29) is 11.9 Å². The standard InChI is InChI=1S/C18H25ClN4O/c1-5-8-13-11-16(23(4)21-13)18(24)20-12-17(22(2)3)14-9-6-7-10-15(14)19/h6-7,9-11,17H,5,8,12H2,1-4H3,(H,20,24)/t17-/m1/s1. The SMILES string of the molecule is CCCc1cc(C(=O)NC[C@H](c2ccccc2Cl)N(C)C)n(C)n1. The molecule has 0 bridgehead atoms. The Kier molecular flexibility index (Phi) is 6.40. The monoisotopic (exact) mass is 348 g/mol. The summed E-state index contributed by atoms with van der Waals surface area (Å²) in [4.78, 5) is 14.6. The number of amides is 1. The van der Waals surface area contributed by atoms with Gasteiger partial charge in [-0.25, -0.2) is 0 Å². The Bertz CT molecular complexity index is 696. The Morgan fingerprint density at radius 3 is 2.71 bits per heavy atom. The maximum atomic E-state index is 12.5. The fraction of sp³-hybridized carbons (Fsp3) is 0.444. The fourth-order valence-corrected chi connectivity index (χ4v) is 2.98. The third kappa shape index (κ3) is 4.36. The Hall–Kier alpha value is -1.85. The van der Waals surface area contributed by atoms with Gasteiger partial charge in [-0.2, -0.15) is 5.10 Å². The Morgan fingerprint density at radius 2 is 2.08 bits per heavy atom. The van der Waals surface area contributed by atoms with Gasteiger partial charge in [-0.15, -0.1) is 0 Å². The van der Waals surface area contributed by atoms with Crippen LogP contribution in [0.4, 0.5) is 0 Å². The first-order valence-corrected chi connectivity index (χ1v) is 8.53. The molecule has 24 heavy (non-hydrogen) atoms. The van der Waals surface area contributed by atoms with Crippen LogP contribution < -0.4 is 5.32 Å². The van der Waals surface area contributed by atoms with Crippen molar-refractivity contribution in [2.45, 2.75) is 25.8 Å². The Morgan fingerprint density at radius 1 is 1.38 bits per heavy atom. The minimum atomic E-state index is -0.119. The molecule has 1 heterocycles. The van der Waals surface area contributed by atoms with E-state index in [2.05, 4.69) is 17.3 Å². The van der Waals surface area contributed by atoms with Crippen LogP contribution >= 0.6 is 11.6 Å². The highest BCUT2D eigenvalue weighted by molar-refractivity contribution is 6.31. The summed E-state index contributed by atoms with van der Waals surface area (Å²) in [5.41, 5.74) is 2.52. The molecule has 1 atom stereocenters. The molecule has 5 nitrogen and oxygen atoms in total. The van der Waals surface area contributed by atoms with E-state index in [0.29, 0.717) is 17.3 Å². The van der Waals surface area contributed by atoms with Crippen molar-refractivity contribution in [1.82, 2.24) is 20.0 Å². The van der Waals surface area contributed by atoms with Crippen molar-refractivity contribution in [2.24, 2.45) is 7.05 Å². The summed E-state index contributed by atoms with van der Waals surface area (Å²) in [5, 5.41) is 8.09. The second-order valence-electron chi connectivity index (χ2n) is 6.11. The molecule has 1 N–H and O–H groups in total. The van der Waals surface area contributed by atoms with Gasteiger partial charge >= 0.3 is 0 Å². The summed E-state index contributed by atoms with van der Waals surface area (Å²) in [5.74, 6) is -0.119. The zero-order chi connectivity index (χ0) is 17.7. The Labute approximate surface area is 148 Å². The van der Waals surface area contributed by atoms with Crippen LogP contribution in [0.25, 0.3) is 0 Å². The van der Waals surface area contributed by atoms with Crippen LogP contribution in [-0.4, -0.2) is 41.2 Å². The molecule has 0 spiro atoms. The number of aromatic nitrogens is 2. The van der Waals surface area contributed by atoms with Gasteiger partial charge in [-0.1, -0.05) is 43.1 Å². The van der Waals surface area contributed by atoms with Crippen LogP contribution in [0.2, 0.25) is 5.02 Å². The van der Waals surface area contributed by atoms with E-state index >= 15 is 0 Å². The number of carbonyl (C=O) groups excluding carboxylic acids is 1. The van der Waals surface area contributed by atoms with Crippen LogP contribution in [0.5, 0.6) is 0 Å². The second-order valence-corrected chi connectivity index (χ2v) is 6.51. The van der Waals surface area contributed by atoms with E-state index in [4.69, 9.17) is 11.6 Å². The molecule has 2 rings (SSSR count). The van der Waals surface area contributed by atoms with E-state index in [0.717, 1.165) is 24.1 Å². The lowest BCUT2D eigenvalue weighted by Gasteiger charge is -2.26. The lowest BCUT2D eigenvalue weighted by atomic mass is 10.1. The van der Waals surface area contributed by atoms with Gasteiger partial charge in [0.1, 0.15) is 5.69 Å². The Balaban J connectivity index is 2.10. The summed E-state index contributed by atoms with van der Waals surface area (Å²) in [6.45, 7) is 2.57. The van der Waals surface area contributed by atoms with Crippen LogP contribution in [0.1, 0.15) is 41.1 Å². The van der Waals surface area contributed by atoms with Gasteiger partial charge in [-0.3, -0.25) is 9.48 Å². The number of benzene rings is 1. The molecule has 0 aliphatic heterocycles. The van der Waals surface area contributed by atoms with E-state index < -0.39 is 0 Å². The predicted octanol–water partition coefficient (Wildman–Crippen LogP) is 3.06. The number of nitrogens with zero attached hydrogens (tertiary/aromatic N) is 3. The van der Waals surface area contributed by atoms with Crippen molar-refractivity contribution < 1.29 is 4.79 Å². The van der Waals surface area contributed by atoms with Gasteiger partial charge < -0.3 is 10.2 Å². The van der Waals surface area contributed by atoms with Gasteiger partial charge in [0, 0.05) is 18.6 Å². The average molecular weight is 349 g/mol. The van der Waals surface area contributed by atoms with Crippen LogP contribution in [0.15, 0.2) is 30.3 Å². The van der Waals surface area contributed by atoms with Crippen molar-refractivity contribution in [3.63, 3.8) is 0 Å². The number of hydrogen-bond acceptors (Lipinski definition) is 3. The van der Waals surface area contributed by atoms with E-state index in [9.17, 15) is 4.79 Å². The summed E-state index contributed by atoms with van der Waals surface area (Å²) in [6.07, 6.45) is 1.88. The molecule has 0 radical (unpaired) electrons. The van der Waals surface area contributed by atoms with Gasteiger partial charge in [-0.05, 0) is 38.2 Å². The summed E-state index contributed by atoms with van der Waals surface area (Å²) < 4.78 is 1.64. The maximum absolute atomic E-state index is 12.5. The quantitative estimate of drug-likeness (QED) is 0.836. The first-order valence-electron chi connectivity index (χ1n) is 8.16. The van der Waals surface area contributed by atoms with Crippen LogP contribution in [0.3, 0.4) is 0 Å². The molecular formula is C18H25ClN4O. The zero-order valence-corrected chi connectivity index (χ0v) is 15.5. The smallest absolute Gasteiger partial charge is 0.269 e. The highest BCUT2D eigenvalue weighted by atomic mass is 35.5. The molecular weight excluding hydrogens is 324 g/mol. The van der Waals surface area contributed by atoms with Crippen LogP contribution in [-0.2, 0) is 13.5 Å². The van der Waals surface area contributed by atoms with Crippen molar-refractivity contribution in [2.75, 3.05) is 20.6 Å². The summed E-state index contributed by atoms with van der Waals surface area (Å²) in [6, 6.07) is 9.58. The summed E-state index contributed by atoms with van der Waals surface area (Å²) >= 11 is 6.31. The lowest BCUT2D eigenvalue weighted by Crippen LogP contribution is -2.35. The van der Waals surface area contributed by atoms with Crippen molar-refractivity contribution in [3.05, 3.63) is 52.3 Å². The molecule has 1 aromatic heterocycles. The molecule has 0 aliphatic carbocycles. The van der Waals surface area contributed by atoms with E-state index in [1.165, 1.54) is 0 Å². The first-order chi connectivity index (χ1) is 11.4. The van der Waals surface area contributed by atoms with Crippen LogP contribution in [0, 0.1) is 0 Å². The van der Waals surface area contributed by atoms with Gasteiger partial charge in [0.05, 0.1) is 11.7 Å². The minimum Gasteiger partial charge on any atom is -0.349 e. The van der Waals surface area contributed by atoms with E-state index in [1.807, 2.05) is 49.3 Å². The van der Waals surface area contributed by atoms with Gasteiger partial charge in [0.15, 0.2) is 0 Å². The molecule has 0 aliphatic rings. The molecule has 6 heteroatoms. The third-order valence-electron chi connectivity index (χ3n) is 4.01. The van der Waals surface area contributed by atoms with Crippen molar-refractivity contribution >= 4 is 17.5 Å². The number of carbonyl (C=O) groups is 1. The van der Waals surface area contributed by atoms with Crippen molar-refractivity contribution in [3.8, 4) is 0 Å². The highest BCUT2D eigenvalue weighted by Gasteiger charge is 2.19. The topological polar surface area (TPSA) is 50.2 Å². The number of rotatable bonds is 7. The van der Waals surface area contributed by atoms with Gasteiger partial charge in [0.25, 0.3) is 5.91 Å². The number of hydrogen-bond donors (Lipinski definition) is 1. The molecule has 1 aromatic carbocycles. The molecule has 2 aromatic rings. The molecule has 0 saturated carbocycles. The molecule has 130 valence electrons. The van der Waals surface area contributed by atoms with Gasteiger partial charge in [0.2, 0.25) is 0 Å². The average Bonchev–Trinajstić information content (AvgIpc) is 2.90.